The molecular weight excluding hydrogens is 366 g/mol. The largest absolute Gasteiger partial charge is 0.444 e. The fourth-order valence-corrected chi connectivity index (χ4v) is 5.29. The second-order valence-corrected chi connectivity index (χ2v) is 9.51. The van der Waals surface area contributed by atoms with E-state index in [-0.39, 0.29) is 29.7 Å². The third-order valence-electron chi connectivity index (χ3n) is 6.78. The molecule has 3 aliphatic rings. The first-order chi connectivity index (χ1) is 13.6. The van der Waals surface area contributed by atoms with Gasteiger partial charge in [-0.25, -0.2) is 4.79 Å². The van der Waals surface area contributed by atoms with Crippen LogP contribution in [0.3, 0.4) is 0 Å². The number of esters is 1. The predicted octanol–water partition coefficient (Wildman–Crippen LogP) is 3.69. The molecule has 1 saturated heterocycles. The molecule has 2 N–H and O–H groups in total. The Balaban J connectivity index is 2.13. The van der Waals surface area contributed by atoms with Gasteiger partial charge in [-0.2, -0.15) is 0 Å². The van der Waals surface area contributed by atoms with Crippen molar-refractivity contribution in [2.24, 2.45) is 23.7 Å². The number of hydrogen-bond acceptors (Lipinski definition) is 4. The number of hydrogen-bond donors (Lipinski definition) is 2. The highest BCUT2D eigenvalue weighted by molar-refractivity contribution is 5.94. The summed E-state index contributed by atoms with van der Waals surface area (Å²) in [5.74, 6) is -0.632. The van der Waals surface area contributed by atoms with Crippen LogP contribution < -0.4 is 5.32 Å². The first-order valence-electron chi connectivity index (χ1n) is 10.9. The second-order valence-electron chi connectivity index (χ2n) is 9.51. The van der Waals surface area contributed by atoms with E-state index in [1.54, 1.807) is 0 Å². The number of carbonyl (C=O) groups excluding carboxylic acids is 2. The molecule has 1 amide bonds. The summed E-state index contributed by atoms with van der Waals surface area (Å²) in [4.78, 5) is 26.2. The summed E-state index contributed by atoms with van der Waals surface area (Å²) in [5, 5.41) is 13.3. The zero-order valence-electron chi connectivity index (χ0n) is 18.3. The molecule has 2 heterocycles. The molecule has 6 atom stereocenters. The van der Waals surface area contributed by atoms with E-state index in [9.17, 15) is 14.7 Å². The number of ether oxygens (including phenoxy) is 1. The highest BCUT2D eigenvalue weighted by Gasteiger charge is 2.64. The van der Waals surface area contributed by atoms with E-state index in [0.717, 1.165) is 24.8 Å². The number of carbonyl (C=O) groups is 2. The average Bonchev–Trinajstić information content (AvgIpc) is 2.89. The van der Waals surface area contributed by atoms with Gasteiger partial charge in [0.1, 0.15) is 0 Å². The van der Waals surface area contributed by atoms with Gasteiger partial charge in [0.15, 0.2) is 0 Å². The highest BCUT2D eigenvalue weighted by atomic mass is 16.6. The summed E-state index contributed by atoms with van der Waals surface area (Å²) in [6.45, 7) is 10.6. The SMILES string of the molecule is CC1=C[C@H]2/C=C(\C)CCC[C@H](O)/C=C/C(=O)O[C@@]23C(=O)N[C@H](CC(C)C)[C@@H]3[C@@H]1C. The van der Waals surface area contributed by atoms with Crippen molar-refractivity contribution in [2.45, 2.75) is 78.0 Å². The maximum absolute atomic E-state index is 13.4. The molecule has 0 unspecified atom stereocenters. The molecule has 0 aromatic heterocycles. The molecule has 29 heavy (non-hydrogen) atoms. The average molecular weight is 402 g/mol. The topological polar surface area (TPSA) is 75.6 Å². The van der Waals surface area contributed by atoms with Crippen LogP contribution in [0, 0.1) is 23.7 Å². The van der Waals surface area contributed by atoms with Gasteiger partial charge in [0.2, 0.25) is 5.60 Å². The lowest BCUT2D eigenvalue weighted by Crippen LogP contribution is -2.56. The van der Waals surface area contributed by atoms with Gasteiger partial charge < -0.3 is 15.2 Å². The number of allylic oxidation sites excluding steroid dienone is 2. The monoisotopic (exact) mass is 401 g/mol. The fraction of sp³-hybridized carbons (Fsp3) is 0.667. The number of aliphatic hydroxyl groups excluding tert-OH is 1. The van der Waals surface area contributed by atoms with Crippen molar-refractivity contribution in [1.82, 2.24) is 5.32 Å². The van der Waals surface area contributed by atoms with Crippen molar-refractivity contribution in [3.05, 3.63) is 35.5 Å². The van der Waals surface area contributed by atoms with Gasteiger partial charge in [-0.1, -0.05) is 44.1 Å². The summed E-state index contributed by atoms with van der Waals surface area (Å²) in [6.07, 6.45) is 9.40. The van der Waals surface area contributed by atoms with Gasteiger partial charge in [-0.3, -0.25) is 4.79 Å². The number of rotatable bonds is 2. The minimum atomic E-state index is -1.24. The molecule has 5 heteroatoms. The molecule has 2 aliphatic heterocycles. The van der Waals surface area contributed by atoms with Crippen molar-refractivity contribution in [3.8, 4) is 0 Å². The molecule has 160 valence electrons. The molecule has 3 rings (SSSR count). The summed E-state index contributed by atoms with van der Waals surface area (Å²) in [5.41, 5.74) is 1.14. The van der Waals surface area contributed by atoms with E-state index < -0.39 is 17.7 Å². The van der Waals surface area contributed by atoms with Crippen molar-refractivity contribution in [2.75, 3.05) is 0 Å². The lowest BCUT2D eigenvalue weighted by Gasteiger charge is -2.45. The van der Waals surface area contributed by atoms with Crippen LogP contribution in [-0.4, -0.2) is 34.7 Å². The molecule has 0 bridgehead atoms. The van der Waals surface area contributed by atoms with Gasteiger partial charge >= 0.3 is 5.97 Å². The molecule has 0 aromatic rings. The maximum Gasteiger partial charge on any atom is 0.331 e. The van der Waals surface area contributed by atoms with Crippen LogP contribution in [0.2, 0.25) is 0 Å². The molecule has 0 radical (unpaired) electrons. The lowest BCUT2D eigenvalue weighted by molar-refractivity contribution is -0.172. The molecule has 5 nitrogen and oxygen atoms in total. The maximum atomic E-state index is 13.4. The van der Waals surface area contributed by atoms with Gasteiger partial charge in [0, 0.05) is 24.0 Å². The number of nitrogens with one attached hydrogen (secondary N) is 1. The Morgan fingerprint density at radius 2 is 2.00 bits per heavy atom. The Labute approximate surface area is 174 Å². The van der Waals surface area contributed by atoms with Gasteiger partial charge in [0.25, 0.3) is 5.91 Å². The van der Waals surface area contributed by atoms with Crippen molar-refractivity contribution < 1.29 is 19.4 Å². The van der Waals surface area contributed by atoms with Crippen LogP contribution in [-0.2, 0) is 14.3 Å². The standard InChI is InChI=1S/C24H35NO4/c1-14(2)11-20-22-17(5)16(4)13-18-12-15(3)7-6-8-19(26)9-10-21(27)29-24(18,22)23(28)25-20/h9-10,12-14,17-20,22,26H,6-8,11H2,1-5H3,(H,25,28)/b10-9+,15-12+/t17-,18-,19+,20-,22+,24+/m1/s1. The van der Waals surface area contributed by atoms with E-state index >= 15 is 0 Å². The molecular formula is C24H35NO4. The van der Waals surface area contributed by atoms with E-state index in [1.165, 1.54) is 17.7 Å². The minimum Gasteiger partial charge on any atom is -0.444 e. The van der Waals surface area contributed by atoms with E-state index in [0.29, 0.717) is 12.3 Å². The quantitative estimate of drug-likeness (QED) is 0.547. The Bertz CT molecular complexity index is 750. The highest BCUT2D eigenvalue weighted by Crippen LogP contribution is 2.50. The molecule has 0 saturated carbocycles. The Morgan fingerprint density at radius 3 is 2.69 bits per heavy atom. The lowest BCUT2D eigenvalue weighted by atomic mass is 9.63. The van der Waals surface area contributed by atoms with Crippen LogP contribution >= 0.6 is 0 Å². The van der Waals surface area contributed by atoms with Gasteiger partial charge in [0.05, 0.1) is 6.10 Å². The van der Waals surface area contributed by atoms with Crippen molar-refractivity contribution in [1.29, 1.82) is 0 Å². The zero-order chi connectivity index (χ0) is 21.3. The third kappa shape index (κ3) is 4.20. The first kappa shape index (κ1) is 21.8. The summed E-state index contributed by atoms with van der Waals surface area (Å²) in [7, 11) is 0. The summed E-state index contributed by atoms with van der Waals surface area (Å²) in [6, 6.07) is -0.0346. The molecule has 1 aliphatic carbocycles. The van der Waals surface area contributed by atoms with Crippen LogP contribution in [0.4, 0.5) is 0 Å². The zero-order valence-corrected chi connectivity index (χ0v) is 18.3. The second kappa shape index (κ2) is 8.47. The fourth-order valence-electron chi connectivity index (χ4n) is 5.29. The Morgan fingerprint density at radius 1 is 1.28 bits per heavy atom. The summed E-state index contributed by atoms with van der Waals surface area (Å²) >= 11 is 0. The predicted molar refractivity (Wildman–Crippen MR) is 113 cm³/mol. The Hall–Kier alpha value is -1.88. The van der Waals surface area contributed by atoms with Crippen molar-refractivity contribution in [3.63, 3.8) is 0 Å². The van der Waals surface area contributed by atoms with Gasteiger partial charge in [-0.05, 0) is 57.4 Å². The minimum absolute atomic E-state index is 0.0346. The van der Waals surface area contributed by atoms with Crippen molar-refractivity contribution >= 4 is 11.9 Å². The number of amides is 1. The smallest absolute Gasteiger partial charge is 0.331 e. The van der Waals surface area contributed by atoms with Gasteiger partial charge in [-0.15, -0.1) is 0 Å². The van der Waals surface area contributed by atoms with Crippen LogP contribution in [0.15, 0.2) is 35.5 Å². The normalized spacial score (nSPS) is 41.0. The van der Waals surface area contributed by atoms with E-state index in [1.807, 2.05) is 0 Å². The molecule has 0 aromatic carbocycles. The summed E-state index contributed by atoms with van der Waals surface area (Å²) < 4.78 is 6.04. The first-order valence-corrected chi connectivity index (χ1v) is 10.9. The van der Waals surface area contributed by atoms with Crippen LogP contribution in [0.1, 0.15) is 60.3 Å². The number of aliphatic hydroxyl groups is 1. The molecule has 1 fully saturated rings. The van der Waals surface area contributed by atoms with Crippen LogP contribution in [0.25, 0.3) is 0 Å². The molecule has 1 spiro atoms. The van der Waals surface area contributed by atoms with E-state index in [4.69, 9.17) is 4.74 Å². The third-order valence-corrected chi connectivity index (χ3v) is 6.78. The van der Waals surface area contributed by atoms with Crippen LogP contribution in [0.5, 0.6) is 0 Å². The Kier molecular flexibility index (Phi) is 6.37. The van der Waals surface area contributed by atoms with E-state index in [2.05, 4.69) is 52.1 Å².